The normalized spacial score (nSPS) is 11.9. The Bertz CT molecular complexity index is 1210. The van der Waals surface area contributed by atoms with Crippen LogP contribution in [0.5, 0.6) is 0 Å². The molecule has 0 aliphatic heterocycles. The first kappa shape index (κ1) is 22.0. The zero-order valence-electron chi connectivity index (χ0n) is 18.3. The Morgan fingerprint density at radius 3 is 1.72 bits per heavy atom. The Morgan fingerprint density at radius 1 is 0.781 bits per heavy atom. The van der Waals surface area contributed by atoms with Crippen LogP contribution in [0.4, 0.5) is 0 Å². The first-order chi connectivity index (χ1) is 15.4. The molecule has 0 aliphatic carbocycles. The molecule has 0 saturated heterocycles. The Labute approximate surface area is 190 Å². The van der Waals surface area contributed by atoms with Gasteiger partial charge in [-0.3, -0.25) is 4.68 Å². The molecule has 0 saturated carbocycles. The molecule has 32 heavy (non-hydrogen) atoms. The van der Waals surface area contributed by atoms with Crippen LogP contribution < -0.4 is 0 Å². The Morgan fingerprint density at radius 2 is 1.25 bits per heavy atom. The fourth-order valence-corrected chi connectivity index (χ4v) is 5.12. The van der Waals surface area contributed by atoms with Crippen LogP contribution in [0.15, 0.2) is 102 Å². The van der Waals surface area contributed by atoms with Gasteiger partial charge in [0.15, 0.2) is 0 Å². The van der Waals surface area contributed by atoms with Gasteiger partial charge in [0.05, 0.1) is 0 Å². The highest BCUT2D eigenvalue weighted by atomic mass is 32.2. The van der Waals surface area contributed by atoms with Crippen molar-refractivity contribution in [1.82, 2.24) is 14.1 Å². The summed E-state index contributed by atoms with van der Waals surface area (Å²) in [5, 5.41) is 4.65. The SMILES string of the molecule is CC(C)n1cc(S(=O)(=O)N(Cc2ccccc2)Cc2ccccc2)c(-c2ccccc2)n1. The van der Waals surface area contributed by atoms with Crippen LogP contribution in [0.2, 0.25) is 0 Å². The highest BCUT2D eigenvalue weighted by Crippen LogP contribution is 2.31. The summed E-state index contributed by atoms with van der Waals surface area (Å²) in [6, 6.07) is 28.9. The molecule has 3 aromatic carbocycles. The number of hydrogen-bond donors (Lipinski definition) is 0. The lowest BCUT2D eigenvalue weighted by Crippen LogP contribution is -2.30. The lowest BCUT2D eigenvalue weighted by Gasteiger charge is -2.22. The molecular formula is C26H27N3O2S. The van der Waals surface area contributed by atoms with Gasteiger partial charge in [-0.2, -0.15) is 9.40 Å². The summed E-state index contributed by atoms with van der Waals surface area (Å²) in [7, 11) is -3.84. The quantitative estimate of drug-likeness (QED) is 0.359. The molecule has 0 N–H and O–H groups in total. The third-order valence-corrected chi connectivity index (χ3v) is 7.09. The Hall–Kier alpha value is -3.22. The number of benzene rings is 3. The maximum absolute atomic E-state index is 14.0. The molecule has 0 spiro atoms. The second-order valence-corrected chi connectivity index (χ2v) is 9.93. The predicted molar refractivity (Wildman–Crippen MR) is 127 cm³/mol. The summed E-state index contributed by atoms with van der Waals surface area (Å²) in [4.78, 5) is 0.226. The fourth-order valence-electron chi connectivity index (χ4n) is 3.56. The van der Waals surface area contributed by atoms with E-state index in [1.54, 1.807) is 10.9 Å². The summed E-state index contributed by atoms with van der Waals surface area (Å²) in [6.07, 6.45) is 1.66. The number of sulfonamides is 1. The lowest BCUT2D eigenvalue weighted by atomic mass is 10.2. The summed E-state index contributed by atoms with van der Waals surface area (Å²) in [6.45, 7) is 4.53. The molecule has 1 aromatic heterocycles. The summed E-state index contributed by atoms with van der Waals surface area (Å²) >= 11 is 0. The number of aromatic nitrogens is 2. The highest BCUT2D eigenvalue weighted by molar-refractivity contribution is 7.89. The minimum Gasteiger partial charge on any atom is -0.268 e. The molecule has 0 bridgehead atoms. The van der Waals surface area contributed by atoms with E-state index in [0.717, 1.165) is 16.7 Å². The molecule has 0 atom stereocenters. The van der Waals surface area contributed by atoms with Gasteiger partial charge in [-0.1, -0.05) is 91.0 Å². The third kappa shape index (κ3) is 4.82. The lowest BCUT2D eigenvalue weighted by molar-refractivity contribution is 0.401. The topological polar surface area (TPSA) is 55.2 Å². The fraction of sp³-hybridized carbons (Fsp3) is 0.192. The van der Waals surface area contributed by atoms with Gasteiger partial charge in [0.25, 0.3) is 0 Å². The van der Waals surface area contributed by atoms with Gasteiger partial charge in [-0.25, -0.2) is 8.42 Å². The minimum absolute atomic E-state index is 0.0399. The van der Waals surface area contributed by atoms with Gasteiger partial charge < -0.3 is 0 Å². The van der Waals surface area contributed by atoms with E-state index in [1.165, 1.54) is 4.31 Å². The van der Waals surface area contributed by atoms with Crippen LogP contribution in [0, 0.1) is 0 Å². The highest BCUT2D eigenvalue weighted by Gasteiger charge is 2.31. The molecule has 0 radical (unpaired) electrons. The van der Waals surface area contributed by atoms with Crippen LogP contribution in [0.1, 0.15) is 31.0 Å². The summed E-state index contributed by atoms with van der Waals surface area (Å²) in [5.41, 5.74) is 3.13. The first-order valence-corrected chi connectivity index (χ1v) is 12.1. The van der Waals surface area contributed by atoms with Gasteiger partial charge in [0, 0.05) is 30.9 Å². The van der Waals surface area contributed by atoms with Crippen LogP contribution in [0.25, 0.3) is 11.3 Å². The second-order valence-electron chi connectivity index (χ2n) is 8.03. The summed E-state index contributed by atoms with van der Waals surface area (Å²) < 4.78 is 31.3. The van der Waals surface area contributed by atoms with Crippen LogP contribution in [-0.4, -0.2) is 22.5 Å². The van der Waals surface area contributed by atoms with Crippen molar-refractivity contribution in [3.05, 3.63) is 108 Å². The molecule has 6 heteroatoms. The standard InChI is InChI=1S/C26H27N3O2S/c1-21(2)29-20-25(26(27-29)24-16-10-5-11-17-24)32(30,31)28(18-22-12-6-3-7-13-22)19-23-14-8-4-9-15-23/h3-17,20-21H,18-19H2,1-2H3. The number of nitrogens with zero attached hydrogens (tertiary/aromatic N) is 3. The largest absolute Gasteiger partial charge is 0.268 e. The Kier molecular flexibility index (Phi) is 6.53. The van der Waals surface area contributed by atoms with Gasteiger partial charge in [-0.05, 0) is 25.0 Å². The van der Waals surface area contributed by atoms with E-state index >= 15 is 0 Å². The molecule has 4 aromatic rings. The van der Waals surface area contributed by atoms with Crippen LogP contribution >= 0.6 is 0 Å². The van der Waals surface area contributed by atoms with Crippen molar-refractivity contribution >= 4 is 10.0 Å². The third-order valence-electron chi connectivity index (χ3n) is 5.30. The second kappa shape index (κ2) is 9.51. The maximum Gasteiger partial charge on any atom is 0.247 e. The van der Waals surface area contributed by atoms with Crippen LogP contribution in [-0.2, 0) is 23.1 Å². The molecule has 0 unspecified atom stereocenters. The van der Waals surface area contributed by atoms with Crippen molar-refractivity contribution in [2.45, 2.75) is 37.9 Å². The molecule has 4 rings (SSSR count). The van der Waals surface area contributed by atoms with E-state index in [0.29, 0.717) is 5.69 Å². The minimum atomic E-state index is -3.84. The average molecular weight is 446 g/mol. The van der Waals surface area contributed by atoms with Crippen molar-refractivity contribution in [1.29, 1.82) is 0 Å². The zero-order chi connectivity index (χ0) is 22.6. The van der Waals surface area contributed by atoms with Crippen molar-refractivity contribution in [2.24, 2.45) is 0 Å². The van der Waals surface area contributed by atoms with Crippen LogP contribution in [0.3, 0.4) is 0 Å². The Balaban J connectivity index is 1.81. The molecule has 164 valence electrons. The van der Waals surface area contributed by atoms with Gasteiger partial charge in [0.1, 0.15) is 10.6 Å². The van der Waals surface area contributed by atoms with Crippen molar-refractivity contribution in [2.75, 3.05) is 0 Å². The summed E-state index contributed by atoms with van der Waals surface area (Å²) in [5.74, 6) is 0. The van der Waals surface area contributed by atoms with Gasteiger partial charge in [0.2, 0.25) is 10.0 Å². The predicted octanol–water partition coefficient (Wildman–Crippen LogP) is 5.52. The molecule has 0 aliphatic rings. The van der Waals surface area contributed by atoms with E-state index < -0.39 is 10.0 Å². The van der Waals surface area contributed by atoms with Crippen molar-refractivity contribution in [3.63, 3.8) is 0 Å². The average Bonchev–Trinajstić information content (AvgIpc) is 3.28. The number of rotatable bonds is 8. The first-order valence-electron chi connectivity index (χ1n) is 10.7. The molecule has 1 heterocycles. The zero-order valence-corrected chi connectivity index (χ0v) is 19.1. The van der Waals surface area contributed by atoms with E-state index in [2.05, 4.69) is 5.10 Å². The van der Waals surface area contributed by atoms with Gasteiger partial charge >= 0.3 is 0 Å². The van der Waals surface area contributed by atoms with E-state index in [9.17, 15) is 8.42 Å². The van der Waals surface area contributed by atoms with E-state index in [4.69, 9.17) is 0 Å². The van der Waals surface area contributed by atoms with E-state index in [1.807, 2.05) is 105 Å². The smallest absolute Gasteiger partial charge is 0.247 e. The molecule has 0 amide bonds. The maximum atomic E-state index is 14.0. The molecule has 5 nitrogen and oxygen atoms in total. The monoisotopic (exact) mass is 445 g/mol. The molecular weight excluding hydrogens is 418 g/mol. The number of hydrogen-bond acceptors (Lipinski definition) is 3. The van der Waals surface area contributed by atoms with Crippen molar-refractivity contribution < 1.29 is 8.42 Å². The van der Waals surface area contributed by atoms with E-state index in [-0.39, 0.29) is 24.0 Å². The van der Waals surface area contributed by atoms with Gasteiger partial charge in [-0.15, -0.1) is 0 Å². The van der Waals surface area contributed by atoms with Crippen molar-refractivity contribution in [3.8, 4) is 11.3 Å². The molecule has 0 fully saturated rings.